The van der Waals surface area contributed by atoms with Gasteiger partial charge in [0.25, 0.3) is 0 Å². The fraction of sp³-hybridized carbons (Fsp3) is 0.409. The van der Waals surface area contributed by atoms with Gasteiger partial charge in [0.2, 0.25) is 5.91 Å². The number of hydrogen-bond acceptors (Lipinski definition) is 5. The number of benzene rings is 2. The van der Waals surface area contributed by atoms with Crippen molar-refractivity contribution in [2.75, 3.05) is 45.9 Å². The first kappa shape index (κ1) is 21.2. The third kappa shape index (κ3) is 7.45. The Morgan fingerprint density at radius 3 is 2.38 bits per heavy atom. The molecule has 29 heavy (non-hydrogen) atoms. The number of rotatable bonds is 9. The van der Waals surface area contributed by atoms with Gasteiger partial charge in [0.15, 0.2) is 0 Å². The molecule has 1 aliphatic heterocycles. The molecule has 1 heterocycles. The van der Waals surface area contributed by atoms with Crippen LogP contribution in [0.3, 0.4) is 0 Å². The molecule has 0 radical (unpaired) electrons. The Balaban J connectivity index is 1.30. The molecule has 0 bridgehead atoms. The van der Waals surface area contributed by atoms with E-state index in [1.54, 1.807) is 12.1 Å². The predicted molar refractivity (Wildman–Crippen MR) is 109 cm³/mol. The summed E-state index contributed by atoms with van der Waals surface area (Å²) in [4.78, 5) is 16.4. The quantitative estimate of drug-likeness (QED) is 0.667. The predicted octanol–water partition coefficient (Wildman–Crippen LogP) is 1.50. The van der Waals surface area contributed by atoms with Gasteiger partial charge >= 0.3 is 0 Å². The van der Waals surface area contributed by atoms with E-state index in [2.05, 4.69) is 15.1 Å². The van der Waals surface area contributed by atoms with Crippen molar-refractivity contribution in [3.63, 3.8) is 0 Å². The molecule has 6 nitrogen and oxygen atoms in total. The van der Waals surface area contributed by atoms with Crippen molar-refractivity contribution in [1.29, 1.82) is 0 Å². The maximum absolute atomic E-state index is 12.9. The monoisotopic (exact) mass is 401 g/mol. The Labute approximate surface area is 170 Å². The fourth-order valence-electron chi connectivity index (χ4n) is 3.26. The summed E-state index contributed by atoms with van der Waals surface area (Å²) in [6.45, 7) is 4.74. The average molecular weight is 401 g/mol. The van der Waals surface area contributed by atoms with Gasteiger partial charge in [-0.3, -0.25) is 14.6 Å². The molecule has 2 aromatic carbocycles. The molecular formula is C22H28FN3O3. The normalized spacial score (nSPS) is 16.3. The largest absolute Gasteiger partial charge is 0.491 e. The van der Waals surface area contributed by atoms with Gasteiger partial charge in [0.1, 0.15) is 24.3 Å². The molecule has 0 aromatic heterocycles. The van der Waals surface area contributed by atoms with Gasteiger partial charge in [0.05, 0.1) is 6.54 Å². The van der Waals surface area contributed by atoms with Gasteiger partial charge in [-0.05, 0) is 29.8 Å². The van der Waals surface area contributed by atoms with Crippen molar-refractivity contribution < 1.29 is 19.0 Å². The third-order valence-electron chi connectivity index (χ3n) is 4.89. The van der Waals surface area contributed by atoms with Gasteiger partial charge in [0, 0.05) is 39.3 Å². The van der Waals surface area contributed by atoms with E-state index < -0.39 is 6.10 Å². The Hall–Kier alpha value is -2.48. The topological polar surface area (TPSA) is 65.0 Å². The average Bonchev–Trinajstić information content (AvgIpc) is 2.74. The van der Waals surface area contributed by atoms with Crippen molar-refractivity contribution in [3.8, 4) is 5.75 Å². The second-order valence-corrected chi connectivity index (χ2v) is 7.26. The van der Waals surface area contributed by atoms with Gasteiger partial charge in [-0.25, -0.2) is 4.39 Å². The lowest BCUT2D eigenvalue weighted by Gasteiger charge is -2.35. The number of amides is 1. The molecule has 1 unspecified atom stereocenters. The summed E-state index contributed by atoms with van der Waals surface area (Å²) in [7, 11) is 0. The highest BCUT2D eigenvalue weighted by Crippen LogP contribution is 2.11. The van der Waals surface area contributed by atoms with Crippen LogP contribution in [-0.2, 0) is 11.3 Å². The molecule has 2 aromatic rings. The molecule has 3 rings (SSSR count). The van der Waals surface area contributed by atoms with Gasteiger partial charge in [-0.1, -0.05) is 30.3 Å². The zero-order chi connectivity index (χ0) is 20.5. The van der Waals surface area contributed by atoms with Crippen LogP contribution in [0, 0.1) is 5.82 Å². The summed E-state index contributed by atoms with van der Waals surface area (Å²) in [5.74, 6) is 0.247. The highest BCUT2D eigenvalue weighted by molar-refractivity contribution is 5.78. The van der Waals surface area contributed by atoms with Crippen molar-refractivity contribution in [2.24, 2.45) is 0 Å². The standard InChI is InChI=1S/C22H28FN3O3/c23-19-6-8-21(9-7-19)29-17-20(27)15-25-10-12-26(13-11-25)16-22(28)24-14-18-4-2-1-3-5-18/h1-9,20,27H,10-17H2,(H,24,28). The number of halogens is 1. The maximum Gasteiger partial charge on any atom is 0.234 e. The maximum atomic E-state index is 12.9. The van der Waals surface area contributed by atoms with Crippen LogP contribution >= 0.6 is 0 Å². The molecule has 0 spiro atoms. The minimum absolute atomic E-state index is 0.0232. The van der Waals surface area contributed by atoms with Crippen molar-refractivity contribution in [1.82, 2.24) is 15.1 Å². The lowest BCUT2D eigenvalue weighted by atomic mass is 10.2. The summed E-state index contributed by atoms with van der Waals surface area (Å²) in [5.41, 5.74) is 1.09. The Bertz CT molecular complexity index is 750. The molecule has 1 saturated heterocycles. The van der Waals surface area contributed by atoms with E-state index in [9.17, 15) is 14.3 Å². The first-order valence-electron chi connectivity index (χ1n) is 9.90. The van der Waals surface area contributed by atoms with Crippen LogP contribution in [0.4, 0.5) is 4.39 Å². The zero-order valence-electron chi connectivity index (χ0n) is 16.5. The van der Waals surface area contributed by atoms with E-state index in [1.165, 1.54) is 12.1 Å². The van der Waals surface area contributed by atoms with E-state index in [1.807, 2.05) is 30.3 Å². The molecule has 7 heteroatoms. The van der Waals surface area contributed by atoms with E-state index in [4.69, 9.17) is 4.74 Å². The van der Waals surface area contributed by atoms with E-state index in [0.29, 0.717) is 25.4 Å². The molecule has 1 atom stereocenters. The zero-order valence-corrected chi connectivity index (χ0v) is 16.5. The van der Waals surface area contributed by atoms with E-state index in [-0.39, 0.29) is 18.3 Å². The second-order valence-electron chi connectivity index (χ2n) is 7.26. The molecule has 0 saturated carbocycles. The molecule has 0 aliphatic carbocycles. The number of hydrogen-bond donors (Lipinski definition) is 2. The van der Waals surface area contributed by atoms with Gasteiger partial charge in [-0.15, -0.1) is 0 Å². The van der Waals surface area contributed by atoms with Crippen molar-refractivity contribution in [2.45, 2.75) is 12.6 Å². The number of carbonyl (C=O) groups is 1. The molecular weight excluding hydrogens is 373 g/mol. The van der Waals surface area contributed by atoms with E-state index >= 15 is 0 Å². The summed E-state index contributed by atoms with van der Waals surface area (Å²) >= 11 is 0. The van der Waals surface area contributed by atoms with Crippen LogP contribution in [0.1, 0.15) is 5.56 Å². The van der Waals surface area contributed by atoms with Crippen molar-refractivity contribution >= 4 is 5.91 Å². The summed E-state index contributed by atoms with van der Waals surface area (Å²) in [5, 5.41) is 13.1. The number of carbonyl (C=O) groups excluding carboxylic acids is 1. The summed E-state index contributed by atoms with van der Waals surface area (Å²) in [6, 6.07) is 15.6. The number of nitrogens with one attached hydrogen (secondary N) is 1. The minimum atomic E-state index is -0.624. The van der Waals surface area contributed by atoms with Crippen LogP contribution in [0.2, 0.25) is 0 Å². The first-order valence-corrected chi connectivity index (χ1v) is 9.90. The van der Waals surface area contributed by atoms with Crippen molar-refractivity contribution in [3.05, 3.63) is 66.0 Å². The number of β-amino-alcohol motifs (C(OH)–C–C–N with tert-alkyl or cyclic N) is 1. The minimum Gasteiger partial charge on any atom is -0.491 e. The molecule has 1 aliphatic rings. The highest BCUT2D eigenvalue weighted by atomic mass is 19.1. The molecule has 2 N–H and O–H groups in total. The molecule has 156 valence electrons. The van der Waals surface area contributed by atoms with Crippen LogP contribution in [-0.4, -0.2) is 72.8 Å². The number of aliphatic hydroxyl groups excluding tert-OH is 1. The van der Waals surface area contributed by atoms with Gasteiger partial charge in [-0.2, -0.15) is 0 Å². The van der Waals surface area contributed by atoms with Crippen LogP contribution in [0.25, 0.3) is 0 Å². The Morgan fingerprint density at radius 1 is 1.03 bits per heavy atom. The smallest absolute Gasteiger partial charge is 0.234 e. The lowest BCUT2D eigenvalue weighted by Crippen LogP contribution is -2.51. The van der Waals surface area contributed by atoms with E-state index in [0.717, 1.165) is 31.7 Å². The number of nitrogens with zero attached hydrogens (tertiary/aromatic N) is 2. The first-order chi connectivity index (χ1) is 14.1. The second kappa shape index (κ2) is 10.9. The Kier molecular flexibility index (Phi) is 7.98. The highest BCUT2D eigenvalue weighted by Gasteiger charge is 2.21. The van der Waals surface area contributed by atoms with Crippen LogP contribution < -0.4 is 10.1 Å². The lowest BCUT2D eigenvalue weighted by molar-refractivity contribution is -0.122. The summed E-state index contributed by atoms with van der Waals surface area (Å²) in [6.07, 6.45) is -0.624. The molecule has 1 fully saturated rings. The Morgan fingerprint density at radius 2 is 1.69 bits per heavy atom. The molecule has 1 amide bonds. The fourth-order valence-corrected chi connectivity index (χ4v) is 3.26. The third-order valence-corrected chi connectivity index (χ3v) is 4.89. The number of piperazine rings is 1. The number of aliphatic hydroxyl groups is 1. The van der Waals surface area contributed by atoms with Crippen LogP contribution in [0.5, 0.6) is 5.75 Å². The summed E-state index contributed by atoms with van der Waals surface area (Å²) < 4.78 is 18.4. The number of ether oxygens (including phenoxy) is 1. The van der Waals surface area contributed by atoms with Crippen LogP contribution in [0.15, 0.2) is 54.6 Å². The SMILES string of the molecule is O=C(CN1CCN(CC(O)COc2ccc(F)cc2)CC1)NCc1ccccc1. The van der Waals surface area contributed by atoms with Gasteiger partial charge < -0.3 is 15.2 Å².